The Labute approximate surface area is 157 Å². The Morgan fingerprint density at radius 2 is 2.15 bits per heavy atom. The van der Waals surface area contributed by atoms with Crippen molar-refractivity contribution in [2.75, 3.05) is 6.54 Å². The second kappa shape index (κ2) is 7.79. The molecule has 0 atom stereocenters. The minimum absolute atomic E-state index is 0.107. The van der Waals surface area contributed by atoms with Crippen LogP contribution in [0.1, 0.15) is 18.2 Å². The predicted octanol–water partition coefficient (Wildman–Crippen LogP) is 2.93. The van der Waals surface area contributed by atoms with Crippen molar-refractivity contribution < 1.29 is 9.13 Å². The van der Waals surface area contributed by atoms with Crippen molar-refractivity contribution in [2.45, 2.75) is 19.9 Å². The van der Waals surface area contributed by atoms with Crippen LogP contribution in [0.4, 0.5) is 4.39 Å². The smallest absolute Gasteiger partial charge is 0.165 e. The summed E-state index contributed by atoms with van der Waals surface area (Å²) in [4.78, 5) is 6.43. The van der Waals surface area contributed by atoms with Gasteiger partial charge in [-0.15, -0.1) is 0 Å². The Bertz CT molecular complexity index is 961. The van der Waals surface area contributed by atoms with Crippen LogP contribution in [-0.2, 0) is 13.0 Å². The minimum Gasteiger partial charge on any atom is -0.453 e. The van der Waals surface area contributed by atoms with Gasteiger partial charge in [-0.05, 0) is 42.3 Å². The zero-order valence-corrected chi connectivity index (χ0v) is 14.9. The second-order valence-corrected chi connectivity index (χ2v) is 6.26. The molecule has 0 radical (unpaired) electrons. The summed E-state index contributed by atoms with van der Waals surface area (Å²) in [5, 5.41) is 8.81. The van der Waals surface area contributed by atoms with E-state index in [0.717, 1.165) is 23.3 Å². The number of nitriles is 1. The highest BCUT2D eigenvalue weighted by Gasteiger charge is 2.20. The van der Waals surface area contributed by atoms with Crippen molar-refractivity contribution >= 4 is 0 Å². The van der Waals surface area contributed by atoms with E-state index in [9.17, 15) is 4.39 Å². The average Bonchev–Trinajstić information content (AvgIpc) is 2.68. The molecule has 0 saturated heterocycles. The fourth-order valence-electron chi connectivity index (χ4n) is 2.91. The van der Waals surface area contributed by atoms with E-state index in [2.05, 4.69) is 4.98 Å². The normalized spacial score (nSPS) is 14.9. The Morgan fingerprint density at radius 3 is 2.89 bits per heavy atom. The molecule has 1 aliphatic heterocycles. The number of hydrogen-bond donors (Lipinski definition) is 2. The summed E-state index contributed by atoms with van der Waals surface area (Å²) >= 11 is 0. The number of nitrogens with two attached hydrogens (primary N) is 2. The highest BCUT2D eigenvalue weighted by atomic mass is 19.1. The summed E-state index contributed by atoms with van der Waals surface area (Å²) in [5.41, 5.74) is 14.5. The molecule has 0 unspecified atom stereocenters. The van der Waals surface area contributed by atoms with E-state index in [-0.39, 0.29) is 11.4 Å². The Hall–Kier alpha value is -3.53. The predicted molar refractivity (Wildman–Crippen MR) is 99.6 cm³/mol. The van der Waals surface area contributed by atoms with Gasteiger partial charge in [0, 0.05) is 25.2 Å². The first-order valence-electron chi connectivity index (χ1n) is 8.46. The van der Waals surface area contributed by atoms with Gasteiger partial charge in [0.15, 0.2) is 11.6 Å². The van der Waals surface area contributed by atoms with Crippen LogP contribution in [0.15, 0.2) is 59.7 Å². The van der Waals surface area contributed by atoms with Crippen LogP contribution in [0.3, 0.4) is 0 Å². The van der Waals surface area contributed by atoms with Crippen molar-refractivity contribution in [2.24, 2.45) is 11.5 Å². The second-order valence-electron chi connectivity index (χ2n) is 6.26. The maximum atomic E-state index is 13.8. The van der Waals surface area contributed by atoms with Gasteiger partial charge in [0.2, 0.25) is 0 Å². The third kappa shape index (κ3) is 4.18. The van der Waals surface area contributed by atoms with Gasteiger partial charge in [-0.25, -0.2) is 4.39 Å². The number of fused-ring (bicyclic) bond motifs is 1. The number of benzene rings is 1. The minimum atomic E-state index is -0.429. The van der Waals surface area contributed by atoms with Gasteiger partial charge in [-0.1, -0.05) is 12.1 Å². The topological polar surface area (TPSA) is 101 Å². The van der Waals surface area contributed by atoms with Gasteiger partial charge in [-0.3, -0.25) is 4.98 Å². The molecule has 1 aliphatic rings. The maximum Gasteiger partial charge on any atom is 0.165 e. The molecule has 27 heavy (non-hydrogen) atoms. The molecular formula is C20H20FN5O. The van der Waals surface area contributed by atoms with Crippen LogP contribution >= 0.6 is 0 Å². The summed E-state index contributed by atoms with van der Waals surface area (Å²) in [6, 6.07) is 9.96. The zero-order valence-electron chi connectivity index (χ0n) is 14.9. The number of para-hydroxylation sites is 1. The van der Waals surface area contributed by atoms with E-state index in [0.29, 0.717) is 24.7 Å². The van der Waals surface area contributed by atoms with Crippen molar-refractivity contribution in [1.82, 2.24) is 9.88 Å². The lowest BCUT2D eigenvalue weighted by molar-refractivity contribution is 0.312. The van der Waals surface area contributed by atoms with E-state index >= 15 is 0 Å². The SMILES string of the molecule is CC(/C=C(\N)C#N)=C(/N)N1CCc2ncc(Oc3ccccc3F)cc2C1. The number of aromatic nitrogens is 1. The molecule has 0 saturated carbocycles. The van der Waals surface area contributed by atoms with Crippen LogP contribution in [0.5, 0.6) is 11.5 Å². The number of hydrogen-bond acceptors (Lipinski definition) is 6. The van der Waals surface area contributed by atoms with E-state index in [1.165, 1.54) is 6.07 Å². The first-order valence-corrected chi connectivity index (χ1v) is 8.46. The van der Waals surface area contributed by atoms with Crippen LogP contribution in [0.2, 0.25) is 0 Å². The van der Waals surface area contributed by atoms with Gasteiger partial charge >= 0.3 is 0 Å². The molecule has 7 heteroatoms. The Kier molecular flexibility index (Phi) is 5.27. The van der Waals surface area contributed by atoms with E-state index in [1.54, 1.807) is 30.5 Å². The third-order valence-corrected chi connectivity index (χ3v) is 4.32. The van der Waals surface area contributed by atoms with Gasteiger partial charge in [0.05, 0.1) is 6.20 Å². The van der Waals surface area contributed by atoms with Crippen molar-refractivity contribution in [1.29, 1.82) is 5.26 Å². The summed E-state index contributed by atoms with van der Waals surface area (Å²) < 4.78 is 19.4. The number of halogens is 1. The first kappa shape index (κ1) is 18.3. The van der Waals surface area contributed by atoms with Crippen LogP contribution in [-0.4, -0.2) is 16.4 Å². The molecule has 0 spiro atoms. The van der Waals surface area contributed by atoms with E-state index in [4.69, 9.17) is 21.5 Å². The van der Waals surface area contributed by atoms with Crippen LogP contribution in [0.25, 0.3) is 0 Å². The fourth-order valence-corrected chi connectivity index (χ4v) is 2.91. The molecule has 138 valence electrons. The van der Waals surface area contributed by atoms with Gasteiger partial charge < -0.3 is 21.1 Å². The molecule has 0 amide bonds. The van der Waals surface area contributed by atoms with Crippen molar-refractivity contribution in [3.63, 3.8) is 0 Å². The van der Waals surface area contributed by atoms with Crippen LogP contribution < -0.4 is 16.2 Å². The average molecular weight is 365 g/mol. The molecular weight excluding hydrogens is 345 g/mol. The fraction of sp³-hybridized carbons (Fsp3) is 0.200. The van der Waals surface area contributed by atoms with Crippen molar-refractivity contribution in [3.05, 3.63) is 76.8 Å². The number of pyridine rings is 1. The Morgan fingerprint density at radius 1 is 1.37 bits per heavy atom. The molecule has 0 aliphatic carbocycles. The molecule has 0 bridgehead atoms. The number of rotatable bonds is 4. The summed E-state index contributed by atoms with van der Waals surface area (Å²) in [5.74, 6) is 0.744. The maximum absolute atomic E-state index is 13.8. The van der Waals surface area contributed by atoms with Gasteiger partial charge in [0.25, 0.3) is 0 Å². The number of nitrogens with zero attached hydrogens (tertiary/aromatic N) is 3. The highest BCUT2D eigenvalue weighted by Crippen LogP contribution is 2.28. The van der Waals surface area contributed by atoms with E-state index < -0.39 is 5.82 Å². The molecule has 6 nitrogen and oxygen atoms in total. The molecule has 2 heterocycles. The van der Waals surface area contributed by atoms with Crippen molar-refractivity contribution in [3.8, 4) is 17.6 Å². The highest BCUT2D eigenvalue weighted by molar-refractivity contribution is 5.37. The first-order chi connectivity index (χ1) is 13.0. The third-order valence-electron chi connectivity index (χ3n) is 4.32. The molecule has 2 aromatic rings. The summed E-state index contributed by atoms with van der Waals surface area (Å²) in [6.07, 6.45) is 3.88. The quantitative estimate of drug-likeness (QED) is 0.638. The monoisotopic (exact) mass is 365 g/mol. The molecule has 4 N–H and O–H groups in total. The lowest BCUT2D eigenvalue weighted by Crippen LogP contribution is -2.34. The number of allylic oxidation sites excluding steroid dienone is 3. The molecule has 1 aromatic carbocycles. The molecule has 0 fully saturated rings. The summed E-state index contributed by atoms with van der Waals surface area (Å²) in [6.45, 7) is 3.06. The number of ether oxygens (including phenoxy) is 1. The zero-order chi connectivity index (χ0) is 19.4. The lowest BCUT2D eigenvalue weighted by atomic mass is 10.0. The van der Waals surface area contributed by atoms with Gasteiger partial charge in [0.1, 0.15) is 23.3 Å². The van der Waals surface area contributed by atoms with E-state index in [1.807, 2.05) is 24.0 Å². The van der Waals surface area contributed by atoms with Crippen LogP contribution in [0, 0.1) is 17.1 Å². The standard InChI is InChI=1S/C20H20FN5O/c1-13(8-15(23)10-22)20(24)26-7-6-18-14(12-26)9-16(11-25-18)27-19-5-3-2-4-17(19)21/h2-5,8-9,11H,6-7,12,23-24H2,1H3/b15-8-,20-13+. The Balaban J connectivity index is 1.82. The lowest BCUT2D eigenvalue weighted by Gasteiger charge is -2.31. The molecule has 3 rings (SSSR count). The largest absolute Gasteiger partial charge is 0.453 e. The van der Waals surface area contributed by atoms with Gasteiger partial charge in [-0.2, -0.15) is 5.26 Å². The summed E-state index contributed by atoms with van der Waals surface area (Å²) in [7, 11) is 0. The molecule has 1 aromatic heterocycles.